The first-order valence-electron chi connectivity index (χ1n) is 16.4. The highest BCUT2D eigenvalue weighted by Crippen LogP contribution is 2.31. The number of rotatable bonds is 20. The second kappa shape index (κ2) is 19.3. The number of amides is 2. The molecule has 0 saturated carbocycles. The first-order valence-corrected chi connectivity index (χ1v) is 17.3. The van der Waals surface area contributed by atoms with Crippen LogP contribution in [0.5, 0.6) is 0 Å². The van der Waals surface area contributed by atoms with Crippen molar-refractivity contribution in [2.24, 2.45) is 17.6 Å². The molecule has 0 bridgehead atoms. The number of nitrogens with two attached hydrogens (primary N) is 1. The summed E-state index contributed by atoms with van der Waals surface area (Å²) in [6.45, 7) is 15.4. The Kier molecular flexibility index (Phi) is 16.7. The summed E-state index contributed by atoms with van der Waals surface area (Å²) in [6.07, 6.45) is 7.69. The van der Waals surface area contributed by atoms with Crippen LogP contribution in [0, 0.1) is 11.8 Å². The number of carboxylic acids is 1. The van der Waals surface area contributed by atoms with E-state index in [-0.39, 0.29) is 41.4 Å². The predicted molar refractivity (Wildman–Crippen MR) is 172 cm³/mol. The van der Waals surface area contributed by atoms with E-state index in [2.05, 4.69) is 42.9 Å². The third-order valence-electron chi connectivity index (χ3n) is 8.65. The fourth-order valence-corrected chi connectivity index (χ4v) is 6.79. The van der Waals surface area contributed by atoms with Gasteiger partial charge in [-0.25, -0.2) is 9.78 Å². The molecule has 0 spiro atoms. The van der Waals surface area contributed by atoms with Crippen LogP contribution >= 0.6 is 11.3 Å². The van der Waals surface area contributed by atoms with E-state index >= 15 is 0 Å². The van der Waals surface area contributed by atoms with E-state index in [0.717, 1.165) is 57.9 Å². The lowest BCUT2D eigenvalue weighted by atomic mass is 9.91. The first-order chi connectivity index (χ1) is 20.6. The molecule has 1 aromatic heterocycles. The van der Waals surface area contributed by atoms with Crippen molar-refractivity contribution < 1.29 is 24.2 Å². The summed E-state index contributed by atoms with van der Waals surface area (Å²) in [7, 11) is 0. The van der Waals surface area contributed by atoms with Crippen LogP contribution in [0.15, 0.2) is 5.38 Å². The van der Waals surface area contributed by atoms with Crippen LogP contribution in [-0.2, 0) is 14.3 Å². The van der Waals surface area contributed by atoms with Crippen LogP contribution < -0.4 is 11.1 Å². The van der Waals surface area contributed by atoms with Crippen LogP contribution in [0.4, 0.5) is 0 Å². The van der Waals surface area contributed by atoms with E-state index in [1.54, 1.807) is 0 Å². The molecular weight excluding hydrogens is 566 g/mol. The molecule has 1 aromatic rings. The maximum absolute atomic E-state index is 14.6. The average Bonchev–Trinajstić information content (AvgIpc) is 3.49. The Morgan fingerprint density at radius 3 is 2.51 bits per heavy atom. The zero-order valence-corrected chi connectivity index (χ0v) is 28.2. The second-order valence-electron chi connectivity index (χ2n) is 12.2. The van der Waals surface area contributed by atoms with Gasteiger partial charge in [0, 0.05) is 44.1 Å². The topological polar surface area (TPSA) is 138 Å². The third kappa shape index (κ3) is 11.1. The minimum absolute atomic E-state index is 0.00392. The van der Waals surface area contributed by atoms with E-state index in [1.807, 2.05) is 18.7 Å². The molecule has 5 atom stereocenters. The van der Waals surface area contributed by atoms with Gasteiger partial charge < -0.3 is 25.8 Å². The molecule has 2 heterocycles. The smallest absolute Gasteiger partial charge is 0.355 e. The van der Waals surface area contributed by atoms with Crippen molar-refractivity contribution in [3.63, 3.8) is 0 Å². The number of unbranched alkanes of at least 4 members (excludes halogenated alkanes) is 3. The average molecular weight is 624 g/mol. The Balaban J connectivity index is 2.41. The number of thiazole rings is 1. The van der Waals surface area contributed by atoms with Gasteiger partial charge in [-0.1, -0.05) is 66.7 Å². The Morgan fingerprint density at radius 1 is 1.19 bits per heavy atom. The van der Waals surface area contributed by atoms with Gasteiger partial charge in [0.15, 0.2) is 5.69 Å². The molecule has 43 heavy (non-hydrogen) atoms. The molecule has 0 aromatic carbocycles. The minimum Gasteiger partial charge on any atom is -0.476 e. The van der Waals surface area contributed by atoms with Gasteiger partial charge in [0.2, 0.25) is 11.8 Å². The third-order valence-corrected chi connectivity index (χ3v) is 9.59. The van der Waals surface area contributed by atoms with Crippen molar-refractivity contribution in [3.05, 3.63) is 16.1 Å². The lowest BCUT2D eigenvalue weighted by molar-refractivity contribution is -0.143. The molecule has 2 amide bonds. The highest BCUT2D eigenvalue weighted by atomic mass is 32.1. The maximum atomic E-state index is 14.6. The van der Waals surface area contributed by atoms with Crippen molar-refractivity contribution in [3.8, 4) is 0 Å². The predicted octanol–water partition coefficient (Wildman–Crippen LogP) is 5.09. The van der Waals surface area contributed by atoms with E-state index in [1.165, 1.54) is 16.7 Å². The number of hydrogen-bond donors (Lipinski definition) is 3. The normalized spacial score (nSPS) is 18.7. The summed E-state index contributed by atoms with van der Waals surface area (Å²) in [5, 5.41) is 14.8. The number of carbonyl (C=O) groups excluding carboxylic acids is 2. The van der Waals surface area contributed by atoms with E-state index in [4.69, 9.17) is 10.5 Å². The standard InChI is InChI=1S/C32H57N5O5S/c1-7-10-11-13-18-37(26(22(4)5)20-27(42-9-3)30-34-24(21-43-30)32(40)41)31(39)28(23(6)8-2)35-29(38)25-15-12-14-17-36(25)19-16-33/h21-23,25-28H,7-20,33H2,1-6H3,(H,35,38)(H,40,41)/t23?,25-,26?,27?,28?/m1/s1. The fraction of sp³-hybridized carbons (Fsp3) is 0.812. The highest BCUT2D eigenvalue weighted by Gasteiger charge is 2.38. The molecule has 246 valence electrons. The van der Waals surface area contributed by atoms with Gasteiger partial charge in [-0.2, -0.15) is 0 Å². The number of piperidine rings is 1. The summed E-state index contributed by atoms with van der Waals surface area (Å²) < 4.78 is 6.11. The Bertz CT molecular complexity index is 987. The van der Waals surface area contributed by atoms with Gasteiger partial charge in [0.25, 0.3) is 0 Å². The number of nitrogens with zero attached hydrogens (tertiary/aromatic N) is 3. The van der Waals surface area contributed by atoms with Gasteiger partial charge >= 0.3 is 5.97 Å². The largest absolute Gasteiger partial charge is 0.476 e. The summed E-state index contributed by atoms with van der Waals surface area (Å²) in [5.74, 6) is -1.16. The number of ether oxygens (including phenoxy) is 1. The fourth-order valence-electron chi connectivity index (χ4n) is 5.93. The molecule has 1 aliphatic heterocycles. The molecular formula is C32H57N5O5S. The van der Waals surface area contributed by atoms with Crippen molar-refractivity contribution in [1.82, 2.24) is 20.1 Å². The zero-order chi connectivity index (χ0) is 31.9. The highest BCUT2D eigenvalue weighted by molar-refractivity contribution is 7.09. The van der Waals surface area contributed by atoms with Crippen molar-refractivity contribution in [2.75, 3.05) is 32.8 Å². The van der Waals surface area contributed by atoms with Gasteiger partial charge in [-0.05, 0) is 44.6 Å². The number of hydrogen-bond acceptors (Lipinski definition) is 8. The molecule has 1 fully saturated rings. The monoisotopic (exact) mass is 623 g/mol. The number of nitrogens with one attached hydrogen (secondary N) is 1. The lowest BCUT2D eigenvalue weighted by Gasteiger charge is -2.40. The zero-order valence-electron chi connectivity index (χ0n) is 27.3. The van der Waals surface area contributed by atoms with Crippen LogP contribution in [-0.4, -0.2) is 88.6 Å². The molecule has 2 rings (SSSR count). The van der Waals surface area contributed by atoms with Crippen LogP contribution in [0.25, 0.3) is 0 Å². The molecule has 0 aliphatic carbocycles. The first kappa shape index (κ1) is 37.1. The molecule has 1 saturated heterocycles. The van der Waals surface area contributed by atoms with Crippen molar-refractivity contribution >= 4 is 29.1 Å². The van der Waals surface area contributed by atoms with Gasteiger partial charge in [0.05, 0.1) is 6.04 Å². The van der Waals surface area contributed by atoms with E-state index in [0.29, 0.717) is 37.7 Å². The Morgan fingerprint density at radius 2 is 1.93 bits per heavy atom. The quantitative estimate of drug-likeness (QED) is 0.171. The van der Waals surface area contributed by atoms with Gasteiger partial charge in [-0.15, -0.1) is 11.3 Å². The number of carboxylic acid groups (broad SMARTS) is 1. The van der Waals surface area contributed by atoms with Crippen LogP contribution in [0.2, 0.25) is 0 Å². The number of aromatic carboxylic acids is 1. The molecule has 4 unspecified atom stereocenters. The molecule has 1 aliphatic rings. The van der Waals surface area contributed by atoms with E-state index in [9.17, 15) is 19.5 Å². The SMILES string of the molecule is CCCCCCN(C(=O)C(NC(=O)[C@H]1CCCCN1CCN)C(C)CC)C(CC(OCC)c1nc(C(=O)O)cs1)C(C)C. The van der Waals surface area contributed by atoms with Crippen LogP contribution in [0.1, 0.15) is 121 Å². The molecule has 11 heteroatoms. The number of aromatic nitrogens is 1. The van der Waals surface area contributed by atoms with Gasteiger partial charge in [-0.3, -0.25) is 14.5 Å². The number of likely N-dealkylation sites (tertiary alicyclic amines) is 1. The minimum atomic E-state index is -1.07. The number of carbonyl (C=O) groups is 3. The van der Waals surface area contributed by atoms with E-state index < -0.39 is 18.1 Å². The summed E-state index contributed by atoms with van der Waals surface area (Å²) in [4.78, 5) is 48.3. The molecule has 10 nitrogen and oxygen atoms in total. The maximum Gasteiger partial charge on any atom is 0.355 e. The second-order valence-corrected chi connectivity index (χ2v) is 13.1. The van der Waals surface area contributed by atoms with Gasteiger partial charge in [0.1, 0.15) is 17.2 Å². The Labute approximate surface area is 263 Å². The Hall–Kier alpha value is -2.08. The molecule has 0 radical (unpaired) electrons. The summed E-state index contributed by atoms with van der Waals surface area (Å²) in [5.41, 5.74) is 5.86. The lowest BCUT2D eigenvalue weighted by Crippen LogP contribution is -2.59. The molecule has 4 N–H and O–H groups in total. The summed E-state index contributed by atoms with van der Waals surface area (Å²) >= 11 is 1.28. The summed E-state index contributed by atoms with van der Waals surface area (Å²) in [6, 6.07) is -1.10. The van der Waals surface area contributed by atoms with Crippen LogP contribution in [0.3, 0.4) is 0 Å². The van der Waals surface area contributed by atoms with Crippen molar-refractivity contribution in [1.29, 1.82) is 0 Å². The van der Waals surface area contributed by atoms with Crippen molar-refractivity contribution in [2.45, 2.75) is 124 Å².